The van der Waals surface area contributed by atoms with Crippen LogP contribution in [0.5, 0.6) is 0 Å². The fourth-order valence-electron chi connectivity index (χ4n) is 2.10. The first-order chi connectivity index (χ1) is 6.86. The molecule has 2 heteroatoms. The van der Waals surface area contributed by atoms with E-state index in [9.17, 15) is 0 Å². The molecule has 0 aromatic rings. The summed E-state index contributed by atoms with van der Waals surface area (Å²) in [5.74, 6) is 0.935. The molecular weight excluding hydrogens is 184 g/mol. The monoisotopic (exact) mass is 212 g/mol. The molecule has 0 saturated heterocycles. The van der Waals surface area contributed by atoms with Crippen molar-refractivity contribution in [1.82, 2.24) is 10.2 Å². The number of rotatable bonds is 5. The highest BCUT2D eigenvalue weighted by molar-refractivity contribution is 4.89. The van der Waals surface area contributed by atoms with E-state index in [4.69, 9.17) is 0 Å². The molecule has 0 aliphatic heterocycles. The predicted octanol–water partition coefficient (Wildman–Crippen LogP) is 2.35. The summed E-state index contributed by atoms with van der Waals surface area (Å²) in [5, 5.41) is 3.46. The highest BCUT2D eigenvalue weighted by atomic mass is 15.2. The molecule has 0 aromatic heterocycles. The van der Waals surface area contributed by atoms with E-state index in [1.54, 1.807) is 0 Å². The summed E-state index contributed by atoms with van der Waals surface area (Å²) in [4.78, 5) is 2.50. The van der Waals surface area contributed by atoms with Crippen LogP contribution in [-0.4, -0.2) is 37.6 Å². The molecule has 1 N–H and O–H groups in total. The van der Waals surface area contributed by atoms with Crippen molar-refractivity contribution >= 4 is 0 Å². The van der Waals surface area contributed by atoms with Crippen LogP contribution >= 0.6 is 0 Å². The molecule has 0 radical (unpaired) electrons. The van der Waals surface area contributed by atoms with Gasteiger partial charge in [0.25, 0.3) is 0 Å². The molecule has 0 spiro atoms. The first kappa shape index (κ1) is 13.0. The maximum absolute atomic E-state index is 3.46. The zero-order chi connectivity index (χ0) is 11.6. The van der Waals surface area contributed by atoms with Crippen LogP contribution in [0.25, 0.3) is 0 Å². The van der Waals surface area contributed by atoms with Gasteiger partial charge in [-0.25, -0.2) is 0 Å². The lowest BCUT2D eigenvalue weighted by molar-refractivity contribution is 0.127. The van der Waals surface area contributed by atoms with Crippen LogP contribution < -0.4 is 5.32 Å². The Hall–Kier alpha value is -0.0800. The van der Waals surface area contributed by atoms with Gasteiger partial charge < -0.3 is 10.2 Å². The van der Waals surface area contributed by atoms with Crippen molar-refractivity contribution in [3.05, 3.63) is 0 Å². The van der Waals surface area contributed by atoms with Gasteiger partial charge in [-0.2, -0.15) is 0 Å². The first-order valence-electron chi connectivity index (χ1n) is 6.23. The Kier molecular flexibility index (Phi) is 4.19. The Bertz CT molecular complexity index is 191. The molecule has 1 fully saturated rings. The Balaban J connectivity index is 2.42. The zero-order valence-electron chi connectivity index (χ0n) is 11.3. The van der Waals surface area contributed by atoms with Gasteiger partial charge in [-0.3, -0.25) is 0 Å². The lowest BCUT2D eigenvalue weighted by Crippen LogP contribution is -2.46. The normalized spacial score (nSPS) is 21.8. The van der Waals surface area contributed by atoms with Gasteiger partial charge in [-0.15, -0.1) is 0 Å². The maximum Gasteiger partial charge on any atom is 0.0220 e. The third kappa shape index (κ3) is 3.76. The molecule has 15 heavy (non-hydrogen) atoms. The maximum atomic E-state index is 3.46. The number of hydrogen-bond donors (Lipinski definition) is 1. The van der Waals surface area contributed by atoms with E-state index in [1.165, 1.54) is 19.4 Å². The van der Waals surface area contributed by atoms with Crippen molar-refractivity contribution < 1.29 is 0 Å². The highest BCUT2D eigenvalue weighted by Crippen LogP contribution is 2.33. The second-order valence-electron chi connectivity index (χ2n) is 6.21. The van der Waals surface area contributed by atoms with Crippen LogP contribution in [-0.2, 0) is 0 Å². The lowest BCUT2D eigenvalue weighted by Gasteiger charge is -2.37. The zero-order valence-corrected chi connectivity index (χ0v) is 11.3. The van der Waals surface area contributed by atoms with Crippen molar-refractivity contribution in [3.63, 3.8) is 0 Å². The Morgan fingerprint density at radius 3 is 2.20 bits per heavy atom. The van der Waals surface area contributed by atoms with E-state index in [0.717, 1.165) is 5.92 Å². The summed E-state index contributed by atoms with van der Waals surface area (Å²) >= 11 is 0. The van der Waals surface area contributed by atoms with Gasteiger partial charge in [0.2, 0.25) is 0 Å². The average Bonchev–Trinajstić information content (AvgIpc) is 2.94. The lowest BCUT2D eigenvalue weighted by atomic mass is 9.87. The smallest absolute Gasteiger partial charge is 0.0220 e. The van der Waals surface area contributed by atoms with Gasteiger partial charge in [-0.05, 0) is 45.2 Å². The van der Waals surface area contributed by atoms with Gasteiger partial charge in [-0.1, -0.05) is 20.8 Å². The first-order valence-corrected chi connectivity index (χ1v) is 6.23. The van der Waals surface area contributed by atoms with Crippen molar-refractivity contribution in [2.24, 2.45) is 11.3 Å². The number of likely N-dealkylation sites (N-methyl/N-ethyl adjacent to an activating group) is 2. The Morgan fingerprint density at radius 2 is 1.87 bits per heavy atom. The molecule has 0 bridgehead atoms. The quantitative estimate of drug-likeness (QED) is 0.752. The summed E-state index contributed by atoms with van der Waals surface area (Å²) < 4.78 is 0. The minimum absolute atomic E-state index is 0.372. The summed E-state index contributed by atoms with van der Waals surface area (Å²) in [6.07, 6.45) is 2.84. The van der Waals surface area contributed by atoms with E-state index in [1.807, 2.05) is 0 Å². The molecule has 2 unspecified atom stereocenters. The number of hydrogen-bond acceptors (Lipinski definition) is 2. The van der Waals surface area contributed by atoms with Crippen LogP contribution in [0.3, 0.4) is 0 Å². The Morgan fingerprint density at radius 1 is 1.33 bits per heavy atom. The summed E-state index contributed by atoms with van der Waals surface area (Å²) in [5.41, 5.74) is 0.372. The van der Waals surface area contributed by atoms with E-state index in [0.29, 0.717) is 17.5 Å². The SMILES string of the molecule is CNC(CN(C)C(C)C(C)(C)C)C1CC1. The third-order valence-electron chi connectivity index (χ3n) is 3.96. The molecule has 90 valence electrons. The standard InChI is InChI=1S/C13H28N2/c1-10(13(2,3)4)15(6)9-12(14-5)11-7-8-11/h10-12,14H,7-9H2,1-6H3. The topological polar surface area (TPSA) is 15.3 Å². The van der Waals surface area contributed by atoms with Crippen molar-refractivity contribution in [1.29, 1.82) is 0 Å². The van der Waals surface area contributed by atoms with Gasteiger partial charge in [0, 0.05) is 18.6 Å². The van der Waals surface area contributed by atoms with Gasteiger partial charge >= 0.3 is 0 Å². The molecule has 1 rings (SSSR count). The van der Waals surface area contributed by atoms with Gasteiger partial charge in [0.1, 0.15) is 0 Å². The molecule has 2 atom stereocenters. The molecular formula is C13H28N2. The minimum atomic E-state index is 0.372. The van der Waals surface area contributed by atoms with E-state index in [2.05, 4.69) is 52.0 Å². The van der Waals surface area contributed by atoms with Gasteiger partial charge in [0.05, 0.1) is 0 Å². The summed E-state index contributed by atoms with van der Waals surface area (Å²) in [7, 11) is 4.35. The van der Waals surface area contributed by atoms with E-state index >= 15 is 0 Å². The average molecular weight is 212 g/mol. The molecule has 1 aliphatic carbocycles. The predicted molar refractivity (Wildman–Crippen MR) is 67.1 cm³/mol. The van der Waals surface area contributed by atoms with Crippen molar-refractivity contribution in [3.8, 4) is 0 Å². The van der Waals surface area contributed by atoms with Crippen LogP contribution in [0.4, 0.5) is 0 Å². The molecule has 0 amide bonds. The summed E-state index contributed by atoms with van der Waals surface area (Å²) in [6.45, 7) is 10.5. The van der Waals surface area contributed by atoms with Crippen LogP contribution in [0, 0.1) is 11.3 Å². The number of nitrogens with zero attached hydrogens (tertiary/aromatic N) is 1. The van der Waals surface area contributed by atoms with Crippen molar-refractivity contribution in [2.75, 3.05) is 20.6 Å². The molecule has 0 aromatic carbocycles. The second-order valence-corrected chi connectivity index (χ2v) is 6.21. The highest BCUT2D eigenvalue weighted by Gasteiger charge is 2.33. The second kappa shape index (κ2) is 4.84. The van der Waals surface area contributed by atoms with Crippen LogP contribution in [0.2, 0.25) is 0 Å². The molecule has 2 nitrogen and oxygen atoms in total. The summed E-state index contributed by atoms with van der Waals surface area (Å²) in [6, 6.07) is 1.33. The van der Waals surface area contributed by atoms with Crippen LogP contribution in [0.15, 0.2) is 0 Å². The molecule has 1 aliphatic rings. The van der Waals surface area contributed by atoms with Crippen molar-refractivity contribution in [2.45, 2.75) is 52.6 Å². The fourth-order valence-corrected chi connectivity index (χ4v) is 2.10. The molecule has 1 saturated carbocycles. The van der Waals surface area contributed by atoms with Crippen LogP contribution in [0.1, 0.15) is 40.5 Å². The number of nitrogens with one attached hydrogen (secondary N) is 1. The molecule has 0 heterocycles. The fraction of sp³-hybridized carbons (Fsp3) is 1.00. The van der Waals surface area contributed by atoms with E-state index in [-0.39, 0.29) is 0 Å². The Labute approximate surface area is 95.4 Å². The van der Waals surface area contributed by atoms with E-state index < -0.39 is 0 Å². The minimum Gasteiger partial charge on any atom is -0.315 e. The largest absolute Gasteiger partial charge is 0.315 e. The third-order valence-corrected chi connectivity index (χ3v) is 3.96. The van der Waals surface area contributed by atoms with Gasteiger partial charge in [0.15, 0.2) is 0 Å².